The molecule has 3 rings (SSSR count). The van der Waals surface area contributed by atoms with Gasteiger partial charge in [0.25, 0.3) is 0 Å². The van der Waals surface area contributed by atoms with Crippen molar-refractivity contribution in [3.8, 4) is 0 Å². The summed E-state index contributed by atoms with van der Waals surface area (Å²) in [7, 11) is 0. The number of aryl methyl sites for hydroxylation is 2. The topological polar surface area (TPSA) is 92.5 Å². The monoisotopic (exact) mass is 345 g/mol. The summed E-state index contributed by atoms with van der Waals surface area (Å²) in [6.07, 6.45) is 3.59. The summed E-state index contributed by atoms with van der Waals surface area (Å²) >= 11 is 0. The summed E-state index contributed by atoms with van der Waals surface area (Å²) in [5.74, 6) is 0.588. The predicted octanol–water partition coefficient (Wildman–Crippen LogP) is 1.88. The number of morpholine rings is 1. The maximum absolute atomic E-state index is 12.3. The Morgan fingerprint density at radius 3 is 2.80 bits per heavy atom. The zero-order valence-corrected chi connectivity index (χ0v) is 14.5. The highest BCUT2D eigenvalue weighted by molar-refractivity contribution is 5.90. The molecule has 0 bridgehead atoms. The quantitative estimate of drug-likeness (QED) is 0.860. The second kappa shape index (κ2) is 8.09. The van der Waals surface area contributed by atoms with Gasteiger partial charge in [0, 0.05) is 32.0 Å². The van der Waals surface area contributed by atoms with Crippen molar-refractivity contribution in [3.05, 3.63) is 41.5 Å². The third-order valence-corrected chi connectivity index (χ3v) is 4.28. The van der Waals surface area contributed by atoms with Crippen LogP contribution in [0.2, 0.25) is 0 Å². The Kier molecular flexibility index (Phi) is 5.62. The number of nitrogens with one attached hydrogen (secondary N) is 2. The van der Waals surface area contributed by atoms with Crippen LogP contribution in [0.4, 0.5) is 10.5 Å². The first-order valence-corrected chi connectivity index (χ1v) is 8.34. The summed E-state index contributed by atoms with van der Waals surface area (Å²) in [5, 5.41) is 9.58. The first-order valence-electron chi connectivity index (χ1n) is 8.34. The molecule has 3 heterocycles. The number of pyridine rings is 1. The minimum Gasteiger partial charge on any atom is -0.379 e. The molecule has 1 unspecified atom stereocenters. The van der Waals surface area contributed by atoms with Crippen LogP contribution in [0.15, 0.2) is 29.0 Å². The molecule has 1 aliphatic rings. The molecule has 0 saturated carbocycles. The zero-order chi connectivity index (χ0) is 17.6. The molecule has 8 nitrogen and oxygen atoms in total. The Balaban J connectivity index is 1.65. The van der Waals surface area contributed by atoms with E-state index in [1.165, 1.54) is 0 Å². The van der Waals surface area contributed by atoms with Crippen molar-refractivity contribution in [1.82, 2.24) is 20.4 Å². The Bertz CT molecular complexity index is 678. The van der Waals surface area contributed by atoms with E-state index in [1.54, 1.807) is 20.0 Å². The van der Waals surface area contributed by atoms with E-state index in [9.17, 15) is 4.79 Å². The second-order valence-corrected chi connectivity index (χ2v) is 5.98. The minimum atomic E-state index is -0.281. The van der Waals surface area contributed by atoms with Gasteiger partial charge in [0.15, 0.2) is 5.76 Å². The van der Waals surface area contributed by atoms with Gasteiger partial charge < -0.3 is 19.9 Å². The minimum absolute atomic E-state index is 0.0491. The first kappa shape index (κ1) is 17.4. The van der Waals surface area contributed by atoms with Crippen LogP contribution in [0.5, 0.6) is 0 Å². The van der Waals surface area contributed by atoms with Crippen molar-refractivity contribution in [2.24, 2.45) is 0 Å². The van der Waals surface area contributed by atoms with Gasteiger partial charge in [-0.2, -0.15) is 0 Å². The number of carbonyl (C=O) groups excluding carboxylic acids is 1. The van der Waals surface area contributed by atoms with Gasteiger partial charge in [-0.1, -0.05) is 11.2 Å². The lowest BCUT2D eigenvalue weighted by Crippen LogP contribution is -2.44. The molecule has 1 aliphatic heterocycles. The fourth-order valence-electron chi connectivity index (χ4n) is 2.93. The van der Waals surface area contributed by atoms with Crippen LogP contribution in [0.3, 0.4) is 0 Å². The van der Waals surface area contributed by atoms with Crippen LogP contribution in [-0.2, 0) is 4.74 Å². The van der Waals surface area contributed by atoms with E-state index in [1.807, 2.05) is 18.3 Å². The molecular formula is C17H23N5O3. The van der Waals surface area contributed by atoms with Crippen molar-refractivity contribution in [2.75, 3.05) is 38.2 Å². The standard InChI is InChI=1S/C17H23N5O3/c1-12-16(13(2)25-21-12)20-17(23)19-11-15(14-4-3-5-18-10-14)22-6-8-24-9-7-22/h3-5,10,15H,6-9,11H2,1-2H3,(H2,19,20,23). The number of nitrogens with zero attached hydrogens (tertiary/aromatic N) is 3. The highest BCUT2D eigenvalue weighted by atomic mass is 16.5. The first-order chi connectivity index (χ1) is 12.1. The van der Waals surface area contributed by atoms with Gasteiger partial charge in [-0.25, -0.2) is 4.79 Å². The highest BCUT2D eigenvalue weighted by Gasteiger charge is 2.23. The molecule has 2 aromatic heterocycles. The van der Waals surface area contributed by atoms with Gasteiger partial charge >= 0.3 is 6.03 Å². The van der Waals surface area contributed by atoms with Crippen molar-refractivity contribution in [1.29, 1.82) is 0 Å². The number of carbonyl (C=O) groups is 1. The fraction of sp³-hybridized carbons (Fsp3) is 0.471. The molecule has 0 aliphatic carbocycles. The van der Waals surface area contributed by atoms with Gasteiger partial charge in [-0.3, -0.25) is 9.88 Å². The fourth-order valence-corrected chi connectivity index (χ4v) is 2.93. The Labute approximate surface area is 146 Å². The number of urea groups is 1. The van der Waals surface area contributed by atoms with Gasteiger partial charge in [0.05, 0.1) is 19.3 Å². The third-order valence-electron chi connectivity index (χ3n) is 4.28. The number of hydrogen-bond donors (Lipinski definition) is 2. The van der Waals surface area contributed by atoms with Gasteiger partial charge in [-0.05, 0) is 25.5 Å². The molecule has 2 amide bonds. The number of amides is 2. The van der Waals surface area contributed by atoms with Crippen LogP contribution >= 0.6 is 0 Å². The molecule has 2 aromatic rings. The molecule has 134 valence electrons. The molecule has 1 atom stereocenters. The summed E-state index contributed by atoms with van der Waals surface area (Å²) in [6.45, 7) is 7.07. The van der Waals surface area contributed by atoms with Gasteiger partial charge in [-0.15, -0.1) is 0 Å². The lowest BCUT2D eigenvalue weighted by Gasteiger charge is -2.34. The Morgan fingerprint density at radius 1 is 1.36 bits per heavy atom. The average Bonchev–Trinajstić information content (AvgIpc) is 2.96. The van der Waals surface area contributed by atoms with E-state index >= 15 is 0 Å². The van der Waals surface area contributed by atoms with Crippen molar-refractivity contribution < 1.29 is 14.1 Å². The number of aromatic nitrogens is 2. The number of hydrogen-bond acceptors (Lipinski definition) is 6. The van der Waals surface area contributed by atoms with Crippen molar-refractivity contribution >= 4 is 11.7 Å². The second-order valence-electron chi connectivity index (χ2n) is 5.98. The van der Waals surface area contributed by atoms with Crippen molar-refractivity contribution in [2.45, 2.75) is 19.9 Å². The Morgan fingerprint density at radius 2 is 2.16 bits per heavy atom. The number of anilines is 1. The molecule has 8 heteroatoms. The van der Waals surface area contributed by atoms with Crippen molar-refractivity contribution in [3.63, 3.8) is 0 Å². The smallest absolute Gasteiger partial charge is 0.319 e. The maximum atomic E-state index is 12.3. The molecule has 0 radical (unpaired) electrons. The summed E-state index contributed by atoms with van der Waals surface area (Å²) in [5.41, 5.74) is 2.34. The van der Waals surface area contributed by atoms with E-state index in [0.717, 1.165) is 18.7 Å². The Hall–Kier alpha value is -2.45. The molecular weight excluding hydrogens is 322 g/mol. The van der Waals surface area contributed by atoms with Gasteiger partial charge in [0.1, 0.15) is 11.4 Å². The highest BCUT2D eigenvalue weighted by Crippen LogP contribution is 2.21. The molecule has 1 saturated heterocycles. The lowest BCUT2D eigenvalue weighted by molar-refractivity contribution is 0.0167. The summed E-state index contributed by atoms with van der Waals surface area (Å²) in [4.78, 5) is 18.8. The van der Waals surface area contributed by atoms with E-state index in [-0.39, 0.29) is 12.1 Å². The molecule has 25 heavy (non-hydrogen) atoms. The SMILES string of the molecule is Cc1noc(C)c1NC(=O)NCC(c1cccnc1)N1CCOCC1. The summed E-state index contributed by atoms with van der Waals surface area (Å²) in [6, 6.07) is 3.71. The van der Waals surface area contributed by atoms with Crippen LogP contribution in [-0.4, -0.2) is 53.9 Å². The number of ether oxygens (including phenoxy) is 1. The molecule has 0 aromatic carbocycles. The predicted molar refractivity (Wildman–Crippen MR) is 92.4 cm³/mol. The molecule has 1 fully saturated rings. The van der Waals surface area contributed by atoms with E-state index in [0.29, 0.717) is 36.9 Å². The van der Waals surface area contributed by atoms with Crippen LogP contribution in [0, 0.1) is 13.8 Å². The normalized spacial score (nSPS) is 16.4. The van der Waals surface area contributed by atoms with Crippen LogP contribution in [0.1, 0.15) is 23.1 Å². The third kappa shape index (κ3) is 4.34. The average molecular weight is 345 g/mol. The maximum Gasteiger partial charge on any atom is 0.319 e. The summed E-state index contributed by atoms with van der Waals surface area (Å²) < 4.78 is 10.5. The lowest BCUT2D eigenvalue weighted by atomic mass is 10.1. The van der Waals surface area contributed by atoms with Crippen LogP contribution < -0.4 is 10.6 Å². The van der Waals surface area contributed by atoms with Gasteiger partial charge in [0.2, 0.25) is 0 Å². The zero-order valence-electron chi connectivity index (χ0n) is 14.5. The number of rotatable bonds is 5. The van der Waals surface area contributed by atoms with E-state index in [4.69, 9.17) is 9.26 Å². The largest absolute Gasteiger partial charge is 0.379 e. The van der Waals surface area contributed by atoms with E-state index in [2.05, 4.69) is 25.7 Å². The van der Waals surface area contributed by atoms with Crippen LogP contribution in [0.25, 0.3) is 0 Å². The van der Waals surface area contributed by atoms with E-state index < -0.39 is 0 Å². The molecule has 0 spiro atoms. The molecule has 2 N–H and O–H groups in total.